The van der Waals surface area contributed by atoms with Crippen LogP contribution in [0.2, 0.25) is 0 Å². The van der Waals surface area contributed by atoms with Crippen LogP contribution in [0, 0.1) is 23.7 Å². The van der Waals surface area contributed by atoms with E-state index in [2.05, 4.69) is 49.9 Å². The number of ether oxygens (including phenoxy) is 1. The fourth-order valence-electron chi connectivity index (χ4n) is 2.62. The summed E-state index contributed by atoms with van der Waals surface area (Å²) in [7, 11) is 0. The Hall–Kier alpha value is -2.53. The fourth-order valence-corrected chi connectivity index (χ4v) is 4.07. The first-order valence-corrected chi connectivity index (χ1v) is 9.37. The molecule has 0 bridgehead atoms. The van der Waals surface area contributed by atoms with E-state index in [-0.39, 0.29) is 6.61 Å². The Kier molecular flexibility index (Phi) is 5.78. The largest absolute Gasteiger partial charge is 0.479 e. The van der Waals surface area contributed by atoms with Gasteiger partial charge in [-0.3, -0.25) is 0 Å². The van der Waals surface area contributed by atoms with Gasteiger partial charge in [0.25, 0.3) is 0 Å². The van der Waals surface area contributed by atoms with Crippen LogP contribution < -0.4 is 4.74 Å². The average Bonchev–Trinajstić information content (AvgIpc) is 2.65. The van der Waals surface area contributed by atoms with Gasteiger partial charge < -0.3 is 4.74 Å². The second-order valence-corrected chi connectivity index (χ2v) is 7.25. The lowest BCUT2D eigenvalue weighted by Crippen LogP contribution is -1.96. The zero-order chi connectivity index (χ0) is 18.5. The van der Waals surface area contributed by atoms with Crippen molar-refractivity contribution in [2.45, 2.75) is 0 Å². The monoisotopic (exact) mass is 465 g/mol. The quantitative estimate of drug-likeness (QED) is 0.251. The summed E-state index contributed by atoms with van der Waals surface area (Å²) >= 11 is 6.99. The smallest absolute Gasteiger partial charge is 0.149 e. The van der Waals surface area contributed by atoms with E-state index in [1.807, 2.05) is 54.6 Å². The molecule has 0 heterocycles. The molecule has 0 aliphatic heterocycles. The third-order valence-electron chi connectivity index (χ3n) is 3.81. The highest BCUT2D eigenvalue weighted by atomic mass is 79.9. The average molecular weight is 467 g/mol. The topological polar surface area (TPSA) is 33.0 Å². The molecule has 4 heteroatoms. The Bertz CT molecular complexity index is 1060. The Morgan fingerprint density at radius 2 is 1.73 bits per heavy atom. The van der Waals surface area contributed by atoms with Crippen molar-refractivity contribution in [2.24, 2.45) is 0 Å². The van der Waals surface area contributed by atoms with Gasteiger partial charge in [0.05, 0.1) is 20.6 Å². The predicted octanol–water partition coefficient (Wildman–Crippen LogP) is 6.44. The van der Waals surface area contributed by atoms with E-state index in [0.717, 1.165) is 30.8 Å². The highest BCUT2D eigenvalue weighted by molar-refractivity contribution is 9.11. The van der Waals surface area contributed by atoms with Gasteiger partial charge in [0.15, 0.2) is 0 Å². The highest BCUT2D eigenvalue weighted by Gasteiger charge is 2.09. The van der Waals surface area contributed by atoms with Crippen LogP contribution in [0.5, 0.6) is 5.75 Å². The molecule has 0 aliphatic carbocycles. The molecule has 0 spiro atoms. The molecule has 3 aromatic rings. The van der Waals surface area contributed by atoms with E-state index in [0.29, 0.717) is 11.3 Å². The summed E-state index contributed by atoms with van der Waals surface area (Å²) in [6.45, 7) is 0.187. The van der Waals surface area contributed by atoms with Gasteiger partial charge >= 0.3 is 0 Å². The number of halogens is 2. The minimum absolute atomic E-state index is 0.187. The Morgan fingerprint density at radius 3 is 2.38 bits per heavy atom. The number of hydrogen-bond acceptors (Lipinski definition) is 2. The van der Waals surface area contributed by atoms with Crippen LogP contribution in [-0.2, 0) is 0 Å². The van der Waals surface area contributed by atoms with Gasteiger partial charge in [-0.15, -0.1) is 6.42 Å². The minimum atomic E-state index is 0.187. The van der Waals surface area contributed by atoms with E-state index in [4.69, 9.17) is 11.2 Å². The lowest BCUT2D eigenvalue weighted by atomic mass is 10.0. The minimum Gasteiger partial charge on any atom is -0.479 e. The van der Waals surface area contributed by atoms with Crippen molar-refractivity contribution in [2.75, 3.05) is 6.61 Å². The molecule has 0 unspecified atom stereocenters. The molecular weight excluding hydrogens is 454 g/mol. The maximum Gasteiger partial charge on any atom is 0.149 e. The lowest BCUT2D eigenvalue weighted by molar-refractivity contribution is 0.365. The first kappa shape index (κ1) is 18.3. The van der Waals surface area contributed by atoms with Gasteiger partial charge in [0.2, 0.25) is 0 Å². The molecule has 0 aromatic heterocycles. The molecule has 0 fully saturated rings. The molecule has 0 atom stereocenters. The summed E-state index contributed by atoms with van der Waals surface area (Å²) in [4.78, 5) is 0. The van der Waals surface area contributed by atoms with Crippen LogP contribution in [0.25, 0.3) is 22.4 Å². The number of nitriles is 1. The molecule has 26 heavy (non-hydrogen) atoms. The molecule has 0 N–H and O–H groups in total. The van der Waals surface area contributed by atoms with Gasteiger partial charge in [-0.2, -0.15) is 5.26 Å². The van der Waals surface area contributed by atoms with E-state index >= 15 is 0 Å². The Labute approximate surface area is 169 Å². The van der Waals surface area contributed by atoms with Gasteiger partial charge in [-0.25, -0.2) is 0 Å². The molecule has 126 valence electrons. The van der Waals surface area contributed by atoms with Crippen molar-refractivity contribution in [3.05, 3.63) is 74.7 Å². The predicted molar refractivity (Wildman–Crippen MR) is 114 cm³/mol. The number of hydrogen-bond donors (Lipinski definition) is 0. The summed E-state index contributed by atoms with van der Waals surface area (Å²) in [5.41, 5.74) is 2.35. The van der Waals surface area contributed by atoms with E-state index < -0.39 is 0 Å². The zero-order valence-electron chi connectivity index (χ0n) is 13.7. The maximum absolute atomic E-state index is 9.63. The fraction of sp³-hybridized carbons (Fsp3) is 0.0455. The summed E-state index contributed by atoms with van der Waals surface area (Å²) < 4.78 is 7.06. The SMILES string of the molecule is C#CCOc1c(Br)cc(/C=C(/C#N)c2ccc3ccccc3c2)cc1Br. The molecule has 3 aromatic carbocycles. The number of fused-ring (bicyclic) bond motifs is 1. The number of benzene rings is 3. The Morgan fingerprint density at radius 1 is 1.04 bits per heavy atom. The maximum atomic E-state index is 9.63. The molecular formula is C22H13Br2NO. The third kappa shape index (κ3) is 3.99. The van der Waals surface area contributed by atoms with Crippen molar-refractivity contribution >= 4 is 54.3 Å². The van der Waals surface area contributed by atoms with Crippen LogP contribution in [0.1, 0.15) is 11.1 Å². The molecule has 0 radical (unpaired) electrons. The standard InChI is InChI=1S/C22H13Br2NO/c1-2-9-26-22-20(23)11-15(12-21(22)24)10-19(14-25)18-8-7-16-5-3-4-6-17(16)13-18/h1,3-8,10-13H,9H2/b19-10-. The molecule has 3 rings (SSSR count). The van der Waals surface area contributed by atoms with E-state index in [1.165, 1.54) is 0 Å². The first-order valence-electron chi connectivity index (χ1n) is 7.78. The van der Waals surface area contributed by atoms with Gasteiger partial charge in [0.1, 0.15) is 12.4 Å². The number of nitrogens with zero attached hydrogens (tertiary/aromatic N) is 1. The van der Waals surface area contributed by atoms with Crippen molar-refractivity contribution in [3.63, 3.8) is 0 Å². The number of terminal acetylenes is 1. The zero-order valence-corrected chi connectivity index (χ0v) is 16.8. The summed E-state index contributed by atoms with van der Waals surface area (Å²) in [5, 5.41) is 11.9. The van der Waals surface area contributed by atoms with Crippen LogP contribution in [-0.4, -0.2) is 6.61 Å². The summed E-state index contributed by atoms with van der Waals surface area (Å²) in [6.07, 6.45) is 7.09. The first-order chi connectivity index (χ1) is 12.6. The molecule has 0 saturated carbocycles. The van der Waals surface area contributed by atoms with Crippen molar-refractivity contribution < 1.29 is 4.74 Å². The molecule has 2 nitrogen and oxygen atoms in total. The summed E-state index contributed by atoms with van der Waals surface area (Å²) in [6, 6.07) is 20.2. The molecule has 0 aliphatic rings. The van der Waals surface area contributed by atoms with Crippen molar-refractivity contribution in [3.8, 4) is 24.2 Å². The van der Waals surface area contributed by atoms with Crippen molar-refractivity contribution in [1.29, 1.82) is 5.26 Å². The van der Waals surface area contributed by atoms with Crippen LogP contribution in [0.3, 0.4) is 0 Å². The van der Waals surface area contributed by atoms with Crippen LogP contribution in [0.4, 0.5) is 0 Å². The van der Waals surface area contributed by atoms with Gasteiger partial charge in [-0.1, -0.05) is 42.3 Å². The molecule has 0 saturated heterocycles. The summed E-state index contributed by atoms with van der Waals surface area (Å²) in [5.74, 6) is 3.09. The lowest BCUT2D eigenvalue weighted by Gasteiger charge is -2.09. The van der Waals surface area contributed by atoms with E-state index in [9.17, 15) is 5.26 Å². The van der Waals surface area contributed by atoms with Gasteiger partial charge in [-0.05, 0) is 78.0 Å². The number of allylic oxidation sites excluding steroid dienone is 1. The molecule has 0 amide bonds. The van der Waals surface area contributed by atoms with Crippen molar-refractivity contribution in [1.82, 2.24) is 0 Å². The van der Waals surface area contributed by atoms with E-state index in [1.54, 1.807) is 0 Å². The number of rotatable bonds is 4. The van der Waals surface area contributed by atoms with Crippen LogP contribution in [0.15, 0.2) is 63.5 Å². The Balaban J connectivity index is 2.01. The second-order valence-electron chi connectivity index (χ2n) is 5.54. The highest BCUT2D eigenvalue weighted by Crippen LogP contribution is 2.36. The van der Waals surface area contributed by atoms with Gasteiger partial charge in [0, 0.05) is 0 Å². The third-order valence-corrected chi connectivity index (χ3v) is 4.99. The second kappa shape index (κ2) is 8.23. The van der Waals surface area contributed by atoms with Crippen LogP contribution >= 0.6 is 31.9 Å². The normalized spacial score (nSPS) is 11.0.